The number of carbonyl (C=O) groups is 2. The van der Waals surface area contributed by atoms with Crippen molar-refractivity contribution in [2.75, 3.05) is 16.8 Å². The van der Waals surface area contributed by atoms with Crippen LogP contribution in [0.1, 0.15) is 34.1 Å². The smallest absolute Gasteiger partial charge is 0.256 e. The van der Waals surface area contributed by atoms with Gasteiger partial charge in [-0.15, -0.1) is 0 Å². The molecule has 1 aliphatic heterocycles. The van der Waals surface area contributed by atoms with Crippen LogP contribution in [0, 0.1) is 0 Å². The Morgan fingerprint density at radius 3 is 2.51 bits per heavy atom. The van der Waals surface area contributed by atoms with Crippen molar-refractivity contribution < 1.29 is 9.59 Å². The molecule has 35 heavy (non-hydrogen) atoms. The summed E-state index contributed by atoms with van der Waals surface area (Å²) >= 11 is 0. The molecule has 3 aromatic carbocycles. The summed E-state index contributed by atoms with van der Waals surface area (Å²) in [5.74, 6) is -0.122. The average molecular weight is 462 g/mol. The van der Waals surface area contributed by atoms with E-state index in [2.05, 4.69) is 41.5 Å². The molecule has 2 amide bonds. The summed E-state index contributed by atoms with van der Waals surface area (Å²) in [6.45, 7) is 2.76. The summed E-state index contributed by atoms with van der Waals surface area (Å²) in [4.78, 5) is 32.2. The number of nitrogens with one attached hydrogen (secondary N) is 1. The Kier molecular flexibility index (Phi) is 6.40. The van der Waals surface area contributed by atoms with Crippen LogP contribution in [0.5, 0.6) is 0 Å². The minimum absolute atomic E-state index is 0.0299. The first-order valence-corrected chi connectivity index (χ1v) is 12.0. The van der Waals surface area contributed by atoms with E-state index in [-0.39, 0.29) is 18.2 Å². The summed E-state index contributed by atoms with van der Waals surface area (Å²) in [6.07, 6.45) is 3.71. The number of hydrogen-bond acceptors (Lipinski definition) is 3. The fourth-order valence-electron chi connectivity index (χ4n) is 4.54. The highest BCUT2D eigenvalue weighted by atomic mass is 16.2. The van der Waals surface area contributed by atoms with E-state index in [1.54, 1.807) is 6.20 Å². The minimum atomic E-state index is -0.152. The Morgan fingerprint density at radius 2 is 1.74 bits per heavy atom. The largest absolute Gasteiger partial charge is 0.322 e. The molecule has 0 radical (unpaired) electrons. The average Bonchev–Trinajstić information content (AvgIpc) is 3.33. The first-order valence-electron chi connectivity index (χ1n) is 12.0. The lowest BCUT2D eigenvalue weighted by Gasteiger charge is -2.17. The first-order chi connectivity index (χ1) is 17.1. The molecule has 5 rings (SSSR count). The van der Waals surface area contributed by atoms with Crippen molar-refractivity contribution in [3.05, 3.63) is 114 Å². The second-order valence-electron chi connectivity index (χ2n) is 8.69. The Labute approximate surface area is 205 Å². The van der Waals surface area contributed by atoms with Crippen LogP contribution in [0.4, 0.5) is 11.4 Å². The van der Waals surface area contributed by atoms with Gasteiger partial charge in [0.15, 0.2) is 0 Å². The quantitative estimate of drug-likeness (QED) is 0.401. The van der Waals surface area contributed by atoms with Crippen molar-refractivity contribution in [3.63, 3.8) is 0 Å². The van der Waals surface area contributed by atoms with Crippen LogP contribution in [0.3, 0.4) is 0 Å². The van der Waals surface area contributed by atoms with Crippen molar-refractivity contribution >= 4 is 23.2 Å². The number of amides is 2. The van der Waals surface area contributed by atoms with Gasteiger partial charge in [0.25, 0.3) is 5.91 Å². The summed E-state index contributed by atoms with van der Waals surface area (Å²) in [7, 11) is 0. The molecule has 1 aliphatic rings. The normalized spacial score (nSPS) is 12.3. The molecule has 0 aliphatic carbocycles. The highest BCUT2D eigenvalue weighted by Gasteiger charge is 2.25. The molecule has 5 nitrogen and oxygen atoms in total. The van der Waals surface area contributed by atoms with Gasteiger partial charge in [-0.3, -0.25) is 14.6 Å². The van der Waals surface area contributed by atoms with Gasteiger partial charge in [0.05, 0.1) is 6.42 Å². The molecule has 5 heteroatoms. The second kappa shape index (κ2) is 9.94. The number of aryl methyl sites for hydroxylation is 1. The molecule has 4 aromatic rings. The van der Waals surface area contributed by atoms with Crippen molar-refractivity contribution in [1.82, 2.24) is 4.98 Å². The van der Waals surface area contributed by atoms with Crippen molar-refractivity contribution in [1.29, 1.82) is 0 Å². The Bertz CT molecular complexity index is 1360. The van der Waals surface area contributed by atoms with E-state index in [9.17, 15) is 9.59 Å². The topological polar surface area (TPSA) is 62.3 Å². The van der Waals surface area contributed by atoms with Crippen molar-refractivity contribution in [3.8, 4) is 11.1 Å². The van der Waals surface area contributed by atoms with Gasteiger partial charge in [0.1, 0.15) is 0 Å². The fourth-order valence-corrected chi connectivity index (χ4v) is 4.54. The van der Waals surface area contributed by atoms with Gasteiger partial charge < -0.3 is 10.2 Å². The molecule has 1 N–H and O–H groups in total. The molecule has 0 saturated carbocycles. The number of carbonyl (C=O) groups excluding carboxylic acids is 2. The van der Waals surface area contributed by atoms with Crippen LogP contribution in [0.25, 0.3) is 11.1 Å². The summed E-state index contributed by atoms with van der Waals surface area (Å²) < 4.78 is 0. The van der Waals surface area contributed by atoms with Crippen LogP contribution >= 0.6 is 0 Å². The van der Waals surface area contributed by atoms with Crippen LogP contribution in [-0.2, 0) is 24.1 Å². The van der Waals surface area contributed by atoms with E-state index in [1.165, 1.54) is 5.56 Å². The third kappa shape index (κ3) is 4.85. The summed E-state index contributed by atoms with van der Waals surface area (Å²) in [6, 6.07) is 27.3. The molecular formula is C30H27N3O2. The fraction of sp³-hybridized carbons (Fsp3) is 0.167. The maximum Gasteiger partial charge on any atom is 0.256 e. The SMILES string of the molecule is CCc1ccc(-c2ccccc2C(=O)Nc2ccc3c(c2)CCN3C(=O)Cc2ccccn2)cc1. The third-order valence-corrected chi connectivity index (χ3v) is 6.44. The molecule has 0 bridgehead atoms. The number of nitrogens with zero attached hydrogens (tertiary/aromatic N) is 2. The van der Waals surface area contributed by atoms with Gasteiger partial charge in [-0.1, -0.05) is 55.5 Å². The van der Waals surface area contributed by atoms with Gasteiger partial charge in [0.2, 0.25) is 5.91 Å². The van der Waals surface area contributed by atoms with Gasteiger partial charge >= 0.3 is 0 Å². The lowest BCUT2D eigenvalue weighted by Crippen LogP contribution is -2.30. The highest BCUT2D eigenvalue weighted by Crippen LogP contribution is 2.32. The van der Waals surface area contributed by atoms with E-state index in [0.717, 1.165) is 46.6 Å². The van der Waals surface area contributed by atoms with Crippen LogP contribution < -0.4 is 10.2 Å². The van der Waals surface area contributed by atoms with Crippen molar-refractivity contribution in [2.24, 2.45) is 0 Å². The zero-order valence-corrected chi connectivity index (χ0v) is 19.7. The molecular weight excluding hydrogens is 434 g/mol. The van der Waals surface area contributed by atoms with Gasteiger partial charge in [-0.2, -0.15) is 0 Å². The second-order valence-corrected chi connectivity index (χ2v) is 8.69. The number of pyridine rings is 1. The van der Waals surface area contributed by atoms with E-state index in [4.69, 9.17) is 0 Å². The predicted octanol–water partition coefficient (Wildman–Crippen LogP) is 5.70. The van der Waals surface area contributed by atoms with Gasteiger partial charge in [-0.05, 0) is 71.5 Å². The van der Waals surface area contributed by atoms with Gasteiger partial charge in [-0.25, -0.2) is 0 Å². The van der Waals surface area contributed by atoms with Gasteiger partial charge in [0, 0.05) is 35.4 Å². The van der Waals surface area contributed by atoms with E-state index >= 15 is 0 Å². The molecule has 0 saturated heterocycles. The van der Waals surface area contributed by atoms with E-state index in [1.807, 2.05) is 65.6 Å². The Morgan fingerprint density at radius 1 is 0.943 bits per heavy atom. The van der Waals surface area contributed by atoms with E-state index < -0.39 is 0 Å². The first kappa shape index (κ1) is 22.5. The van der Waals surface area contributed by atoms with Crippen molar-refractivity contribution in [2.45, 2.75) is 26.2 Å². The maximum absolute atomic E-state index is 13.2. The monoisotopic (exact) mass is 461 g/mol. The number of anilines is 2. The molecule has 1 aromatic heterocycles. The Hall–Kier alpha value is -4.25. The lowest BCUT2D eigenvalue weighted by atomic mass is 9.97. The molecule has 0 atom stereocenters. The highest BCUT2D eigenvalue weighted by molar-refractivity contribution is 6.09. The molecule has 0 fully saturated rings. The zero-order valence-electron chi connectivity index (χ0n) is 19.7. The molecule has 0 unspecified atom stereocenters. The number of hydrogen-bond donors (Lipinski definition) is 1. The summed E-state index contributed by atoms with van der Waals surface area (Å²) in [5, 5.41) is 3.05. The number of aromatic nitrogens is 1. The number of fused-ring (bicyclic) bond motifs is 1. The van der Waals surface area contributed by atoms with Crippen LogP contribution in [-0.4, -0.2) is 23.3 Å². The predicted molar refractivity (Wildman–Crippen MR) is 140 cm³/mol. The number of rotatable bonds is 6. The zero-order chi connectivity index (χ0) is 24.2. The maximum atomic E-state index is 13.2. The summed E-state index contributed by atoms with van der Waals surface area (Å²) in [5.41, 5.74) is 7.26. The van der Waals surface area contributed by atoms with Crippen LogP contribution in [0.15, 0.2) is 91.1 Å². The number of benzene rings is 3. The standard InChI is InChI=1S/C30H27N3O2/c1-2-21-10-12-22(13-11-21)26-8-3-4-9-27(26)30(35)32-25-14-15-28-23(19-25)16-18-33(28)29(34)20-24-7-5-6-17-31-24/h3-15,17,19H,2,16,18,20H2,1H3,(H,32,35). The molecule has 2 heterocycles. The minimum Gasteiger partial charge on any atom is -0.322 e. The molecule has 174 valence electrons. The third-order valence-electron chi connectivity index (χ3n) is 6.44. The molecule has 0 spiro atoms. The lowest BCUT2D eigenvalue weighted by molar-refractivity contribution is -0.117. The van der Waals surface area contributed by atoms with Crippen LogP contribution in [0.2, 0.25) is 0 Å². The Balaban J connectivity index is 1.32. The van der Waals surface area contributed by atoms with E-state index in [0.29, 0.717) is 12.1 Å².